The molecule has 2 aromatic rings. The number of carbonyl (C=O) groups excluding carboxylic acids is 1. The Labute approximate surface area is 137 Å². The van der Waals surface area contributed by atoms with Crippen molar-refractivity contribution in [3.63, 3.8) is 0 Å². The van der Waals surface area contributed by atoms with E-state index in [4.69, 9.17) is 0 Å². The smallest absolute Gasteiger partial charge is 0.228 e. The molecule has 2 heterocycles. The Morgan fingerprint density at radius 3 is 2.78 bits per heavy atom. The molecule has 6 heteroatoms. The van der Waals surface area contributed by atoms with E-state index in [0.29, 0.717) is 17.3 Å². The molecule has 2 aliphatic rings. The highest BCUT2D eigenvalue weighted by atomic mass is 32.2. The first-order valence-corrected chi connectivity index (χ1v) is 9.36. The molecule has 0 spiro atoms. The quantitative estimate of drug-likeness (QED) is 0.941. The Kier molecular flexibility index (Phi) is 3.37. The number of aryl methyl sites for hydroxylation is 2. The van der Waals surface area contributed by atoms with Crippen molar-refractivity contribution >= 4 is 22.5 Å². The molecule has 1 aliphatic heterocycles. The van der Waals surface area contributed by atoms with Gasteiger partial charge in [0, 0.05) is 22.3 Å². The number of carbonyl (C=O) groups is 1. The Bertz CT molecular complexity index is 837. The van der Waals surface area contributed by atoms with Crippen LogP contribution in [0.15, 0.2) is 18.2 Å². The van der Waals surface area contributed by atoms with Gasteiger partial charge in [0.1, 0.15) is 5.82 Å². The van der Waals surface area contributed by atoms with Gasteiger partial charge in [0.25, 0.3) is 0 Å². The largest absolute Gasteiger partial charge is 0.310 e. The fourth-order valence-corrected chi connectivity index (χ4v) is 4.30. The van der Waals surface area contributed by atoms with Gasteiger partial charge in [0.2, 0.25) is 5.91 Å². The van der Waals surface area contributed by atoms with Gasteiger partial charge in [0.15, 0.2) is 0 Å². The summed E-state index contributed by atoms with van der Waals surface area (Å²) in [6.07, 6.45) is 1.91. The standard InChI is InChI=1S/C17H19N3O2S/c1-10-3-6-15(11(2)7-10)20-16(18-17(21)12-4-5-12)13-8-23(22)9-14(13)19-20/h3,6-7,12H,4-5,8-9H2,1-2H3,(H,18,21)/t23-/m1/s1. The molecule has 4 rings (SSSR count). The number of amides is 1. The highest BCUT2D eigenvalue weighted by Crippen LogP contribution is 2.35. The van der Waals surface area contributed by atoms with Gasteiger partial charge >= 0.3 is 0 Å². The topological polar surface area (TPSA) is 64.0 Å². The van der Waals surface area contributed by atoms with Crippen molar-refractivity contribution in [2.75, 3.05) is 5.32 Å². The third-order valence-corrected chi connectivity index (χ3v) is 5.65. The van der Waals surface area contributed by atoms with E-state index in [2.05, 4.69) is 23.4 Å². The summed E-state index contributed by atoms with van der Waals surface area (Å²) >= 11 is 0. The Balaban J connectivity index is 1.81. The lowest BCUT2D eigenvalue weighted by atomic mass is 10.1. The molecule has 1 saturated carbocycles. The minimum absolute atomic E-state index is 0.0522. The SMILES string of the molecule is Cc1ccc(-n2nc3c(c2NC(=O)C2CC2)C[S@@](=O)C3)c(C)c1. The second kappa shape index (κ2) is 5.30. The lowest BCUT2D eigenvalue weighted by molar-refractivity contribution is -0.117. The highest BCUT2D eigenvalue weighted by molar-refractivity contribution is 7.83. The highest BCUT2D eigenvalue weighted by Gasteiger charge is 2.33. The minimum atomic E-state index is -0.909. The van der Waals surface area contributed by atoms with E-state index in [9.17, 15) is 9.00 Å². The first-order chi connectivity index (χ1) is 11.0. The lowest BCUT2D eigenvalue weighted by Gasteiger charge is -2.13. The zero-order chi connectivity index (χ0) is 16.1. The molecular formula is C17H19N3O2S. The van der Waals surface area contributed by atoms with E-state index in [1.807, 2.05) is 23.7 Å². The molecule has 0 bridgehead atoms. The second-order valence-corrected chi connectivity index (χ2v) is 7.92. The van der Waals surface area contributed by atoms with Crippen molar-refractivity contribution in [1.29, 1.82) is 0 Å². The molecule has 0 unspecified atom stereocenters. The zero-order valence-electron chi connectivity index (χ0n) is 13.3. The predicted molar refractivity (Wildman–Crippen MR) is 89.9 cm³/mol. The van der Waals surface area contributed by atoms with Gasteiger partial charge in [-0.05, 0) is 38.3 Å². The van der Waals surface area contributed by atoms with Crippen molar-refractivity contribution in [3.05, 3.63) is 40.6 Å². The Morgan fingerprint density at radius 2 is 2.09 bits per heavy atom. The van der Waals surface area contributed by atoms with Gasteiger partial charge in [-0.25, -0.2) is 4.68 Å². The van der Waals surface area contributed by atoms with Crippen molar-refractivity contribution in [2.45, 2.75) is 38.2 Å². The summed E-state index contributed by atoms with van der Waals surface area (Å²) in [4.78, 5) is 12.2. The first-order valence-electron chi connectivity index (χ1n) is 7.87. The van der Waals surface area contributed by atoms with Crippen LogP contribution in [0.2, 0.25) is 0 Å². The van der Waals surface area contributed by atoms with Crippen LogP contribution in [0.25, 0.3) is 5.69 Å². The van der Waals surface area contributed by atoms with Crippen LogP contribution >= 0.6 is 0 Å². The summed E-state index contributed by atoms with van der Waals surface area (Å²) < 4.78 is 13.7. The molecule has 1 aromatic carbocycles. The van der Waals surface area contributed by atoms with Crippen LogP contribution in [0, 0.1) is 19.8 Å². The number of fused-ring (bicyclic) bond motifs is 1. The molecule has 1 aromatic heterocycles. The summed E-state index contributed by atoms with van der Waals surface area (Å²) in [6, 6.07) is 6.17. The van der Waals surface area contributed by atoms with E-state index in [1.165, 1.54) is 5.56 Å². The molecule has 1 aliphatic carbocycles. The van der Waals surface area contributed by atoms with Gasteiger partial charge in [0.05, 0.1) is 22.9 Å². The Morgan fingerprint density at radius 1 is 1.30 bits per heavy atom. The lowest BCUT2D eigenvalue weighted by Crippen LogP contribution is -2.18. The van der Waals surface area contributed by atoms with Crippen LogP contribution < -0.4 is 5.32 Å². The monoisotopic (exact) mass is 329 g/mol. The molecular weight excluding hydrogens is 310 g/mol. The van der Waals surface area contributed by atoms with E-state index in [0.717, 1.165) is 35.3 Å². The molecule has 23 heavy (non-hydrogen) atoms. The van der Waals surface area contributed by atoms with E-state index in [1.54, 1.807) is 0 Å². The van der Waals surface area contributed by atoms with Crippen molar-refractivity contribution < 1.29 is 9.00 Å². The van der Waals surface area contributed by atoms with Crippen molar-refractivity contribution in [1.82, 2.24) is 9.78 Å². The average Bonchev–Trinajstić information content (AvgIpc) is 3.21. The van der Waals surface area contributed by atoms with Gasteiger partial charge < -0.3 is 5.32 Å². The van der Waals surface area contributed by atoms with Crippen LogP contribution in [0.3, 0.4) is 0 Å². The second-order valence-electron chi connectivity index (χ2n) is 6.47. The number of nitrogens with one attached hydrogen (secondary N) is 1. The maximum atomic E-state index is 12.2. The molecule has 1 N–H and O–H groups in total. The van der Waals surface area contributed by atoms with Gasteiger partial charge in [-0.2, -0.15) is 5.10 Å². The summed E-state index contributed by atoms with van der Waals surface area (Å²) in [7, 11) is -0.909. The van der Waals surface area contributed by atoms with E-state index < -0.39 is 10.8 Å². The van der Waals surface area contributed by atoms with E-state index in [-0.39, 0.29) is 11.8 Å². The van der Waals surface area contributed by atoms with Crippen molar-refractivity contribution in [3.8, 4) is 5.69 Å². The number of nitrogens with zero attached hydrogens (tertiary/aromatic N) is 2. The predicted octanol–water partition coefficient (Wildman–Crippen LogP) is 2.60. The molecule has 5 nitrogen and oxygen atoms in total. The van der Waals surface area contributed by atoms with Gasteiger partial charge in [-0.15, -0.1) is 0 Å². The normalized spacial score (nSPS) is 19.7. The maximum Gasteiger partial charge on any atom is 0.228 e. The van der Waals surface area contributed by atoms with Crippen LogP contribution in [0.4, 0.5) is 5.82 Å². The number of aromatic nitrogens is 2. The molecule has 1 amide bonds. The molecule has 0 radical (unpaired) electrons. The van der Waals surface area contributed by atoms with E-state index >= 15 is 0 Å². The summed E-state index contributed by atoms with van der Waals surface area (Å²) in [5, 5.41) is 7.68. The Hall–Kier alpha value is -1.95. The molecule has 120 valence electrons. The number of rotatable bonds is 3. The maximum absolute atomic E-state index is 12.2. The number of anilines is 1. The summed E-state index contributed by atoms with van der Waals surface area (Å²) in [5.41, 5.74) is 5.03. The molecule has 0 saturated heterocycles. The third-order valence-electron chi connectivity index (χ3n) is 4.44. The summed E-state index contributed by atoms with van der Waals surface area (Å²) in [6.45, 7) is 4.10. The number of hydrogen-bond acceptors (Lipinski definition) is 3. The van der Waals surface area contributed by atoms with Crippen molar-refractivity contribution in [2.24, 2.45) is 5.92 Å². The molecule has 1 atom stereocenters. The number of benzene rings is 1. The van der Waals surface area contributed by atoms with Crippen LogP contribution in [-0.4, -0.2) is 19.9 Å². The summed E-state index contributed by atoms with van der Waals surface area (Å²) in [5.74, 6) is 1.83. The van der Waals surface area contributed by atoms with Gasteiger partial charge in [-0.1, -0.05) is 17.7 Å². The van der Waals surface area contributed by atoms with Crippen LogP contribution in [0.1, 0.15) is 35.2 Å². The minimum Gasteiger partial charge on any atom is -0.310 e. The van der Waals surface area contributed by atoms with Gasteiger partial charge in [-0.3, -0.25) is 9.00 Å². The average molecular weight is 329 g/mol. The van der Waals surface area contributed by atoms with Crippen LogP contribution in [0.5, 0.6) is 0 Å². The fourth-order valence-electron chi connectivity index (χ4n) is 3.04. The van der Waals surface area contributed by atoms with Crippen LogP contribution in [-0.2, 0) is 27.1 Å². The number of hydrogen-bond donors (Lipinski definition) is 1. The zero-order valence-corrected chi connectivity index (χ0v) is 14.1. The fraction of sp³-hybridized carbons (Fsp3) is 0.412. The third kappa shape index (κ3) is 2.61. The molecule has 1 fully saturated rings. The first kappa shape index (κ1) is 14.6.